The first-order valence-electron chi connectivity index (χ1n) is 11.1. The number of halogens is 3. The summed E-state index contributed by atoms with van der Waals surface area (Å²) < 4.78 is 45.8. The first-order valence-corrected chi connectivity index (χ1v) is 11.1. The normalized spacial score (nSPS) is 23.4. The number of nitrogens with zero attached hydrogens (tertiary/aromatic N) is 2. The first kappa shape index (κ1) is 22.2. The zero-order valence-corrected chi connectivity index (χ0v) is 18.0. The van der Waals surface area contributed by atoms with Crippen LogP contribution in [0.1, 0.15) is 67.5 Å². The van der Waals surface area contributed by atoms with Crippen molar-refractivity contribution in [1.82, 2.24) is 15.3 Å². The van der Waals surface area contributed by atoms with E-state index in [2.05, 4.69) is 16.4 Å². The van der Waals surface area contributed by atoms with Crippen molar-refractivity contribution < 1.29 is 17.9 Å². The minimum Gasteiger partial charge on any atom is -0.375 e. The van der Waals surface area contributed by atoms with Gasteiger partial charge >= 0.3 is 6.18 Å². The molecule has 168 valence electrons. The molecule has 2 aliphatic rings. The van der Waals surface area contributed by atoms with Crippen LogP contribution in [-0.2, 0) is 22.9 Å². The Morgan fingerprint density at radius 2 is 1.94 bits per heavy atom. The lowest BCUT2D eigenvalue weighted by atomic mass is 9.68. The summed E-state index contributed by atoms with van der Waals surface area (Å²) in [5.41, 5.74) is 0.878. The van der Waals surface area contributed by atoms with E-state index in [-0.39, 0.29) is 16.7 Å². The lowest BCUT2D eigenvalue weighted by Gasteiger charge is -2.46. The fraction of sp³-hybridized carbons (Fsp3) is 0.583. The van der Waals surface area contributed by atoms with Gasteiger partial charge in [-0.05, 0) is 69.3 Å². The van der Waals surface area contributed by atoms with Crippen LogP contribution in [0, 0.1) is 6.92 Å². The van der Waals surface area contributed by atoms with E-state index in [1.807, 2.05) is 18.3 Å². The number of aryl methyl sites for hydroxylation is 1. The van der Waals surface area contributed by atoms with Crippen LogP contribution in [0.2, 0.25) is 0 Å². The Balaban J connectivity index is 1.44. The molecule has 0 unspecified atom stereocenters. The molecule has 1 aliphatic heterocycles. The Hall–Kier alpha value is -1.99. The lowest BCUT2D eigenvalue weighted by Crippen LogP contribution is -2.47. The van der Waals surface area contributed by atoms with Crippen LogP contribution in [0.3, 0.4) is 0 Å². The van der Waals surface area contributed by atoms with Crippen LogP contribution >= 0.6 is 0 Å². The van der Waals surface area contributed by atoms with E-state index in [1.165, 1.54) is 32.0 Å². The molecular weight excluding hydrogens is 403 g/mol. The summed E-state index contributed by atoms with van der Waals surface area (Å²) in [7, 11) is 0. The van der Waals surface area contributed by atoms with Gasteiger partial charge in [0.25, 0.3) is 0 Å². The van der Waals surface area contributed by atoms with Gasteiger partial charge in [-0.15, -0.1) is 0 Å². The van der Waals surface area contributed by atoms with Crippen molar-refractivity contribution in [3.8, 4) is 0 Å². The smallest absolute Gasteiger partial charge is 0.375 e. The highest BCUT2D eigenvalue weighted by molar-refractivity contribution is 5.27. The molecular formula is C24H30F3N3O. The van der Waals surface area contributed by atoms with Gasteiger partial charge in [0.1, 0.15) is 0 Å². The number of ether oxygens (including phenoxy) is 1. The van der Waals surface area contributed by atoms with Gasteiger partial charge in [0.2, 0.25) is 0 Å². The average Bonchev–Trinajstić information content (AvgIpc) is 3.19. The van der Waals surface area contributed by atoms with E-state index in [9.17, 15) is 13.2 Å². The summed E-state index contributed by atoms with van der Waals surface area (Å²) in [6.45, 7) is 3.17. The number of nitrogens with one attached hydrogen (secondary N) is 1. The molecule has 2 aromatic rings. The predicted molar refractivity (Wildman–Crippen MR) is 113 cm³/mol. The maximum atomic E-state index is 13.2. The SMILES string of the molecule is Cc1ncc(CNCC[C@@]2(c3ccccn3)CCOC3(CCCC3)C2)cc1C(F)(F)F. The average molecular weight is 434 g/mol. The summed E-state index contributed by atoms with van der Waals surface area (Å²) in [6.07, 6.45) is 6.35. The Kier molecular flexibility index (Phi) is 6.35. The van der Waals surface area contributed by atoms with Crippen LogP contribution in [-0.4, -0.2) is 28.7 Å². The third kappa shape index (κ3) is 4.93. The van der Waals surface area contributed by atoms with Gasteiger partial charge in [0.15, 0.2) is 0 Å². The second-order valence-electron chi connectivity index (χ2n) is 9.06. The fourth-order valence-corrected chi connectivity index (χ4v) is 5.32. The second kappa shape index (κ2) is 8.87. The number of alkyl halides is 3. The topological polar surface area (TPSA) is 47.0 Å². The zero-order chi connectivity index (χ0) is 22.0. The Morgan fingerprint density at radius 1 is 1.13 bits per heavy atom. The van der Waals surface area contributed by atoms with E-state index < -0.39 is 11.7 Å². The Labute approximate surface area is 181 Å². The van der Waals surface area contributed by atoms with E-state index in [0.29, 0.717) is 18.7 Å². The minimum absolute atomic E-state index is 0.00872. The summed E-state index contributed by atoms with van der Waals surface area (Å²) in [5, 5.41) is 3.34. The molecule has 1 N–H and O–H groups in total. The maximum absolute atomic E-state index is 13.2. The van der Waals surface area contributed by atoms with Crippen LogP contribution in [0.4, 0.5) is 13.2 Å². The minimum atomic E-state index is -4.38. The van der Waals surface area contributed by atoms with Crippen molar-refractivity contribution in [3.63, 3.8) is 0 Å². The van der Waals surface area contributed by atoms with Crippen LogP contribution in [0.25, 0.3) is 0 Å². The van der Waals surface area contributed by atoms with E-state index in [4.69, 9.17) is 9.72 Å². The van der Waals surface area contributed by atoms with Gasteiger partial charge in [-0.3, -0.25) is 9.97 Å². The summed E-state index contributed by atoms with van der Waals surface area (Å²) in [4.78, 5) is 8.63. The molecule has 0 bridgehead atoms. The fourth-order valence-electron chi connectivity index (χ4n) is 5.32. The molecule has 0 amide bonds. The number of aromatic nitrogens is 2. The molecule has 7 heteroatoms. The molecule has 4 nitrogen and oxygen atoms in total. The molecule has 0 aromatic carbocycles. The van der Waals surface area contributed by atoms with Crippen molar-refractivity contribution in [2.75, 3.05) is 13.2 Å². The number of hydrogen-bond acceptors (Lipinski definition) is 4. The molecule has 1 saturated carbocycles. The maximum Gasteiger partial charge on any atom is 0.418 e. The van der Waals surface area contributed by atoms with E-state index in [0.717, 1.165) is 44.4 Å². The van der Waals surface area contributed by atoms with Crippen molar-refractivity contribution in [2.45, 2.75) is 75.6 Å². The molecule has 1 aliphatic carbocycles. The van der Waals surface area contributed by atoms with Gasteiger partial charge in [-0.1, -0.05) is 18.9 Å². The van der Waals surface area contributed by atoms with Crippen LogP contribution in [0.5, 0.6) is 0 Å². The Bertz CT molecular complexity index is 881. The summed E-state index contributed by atoms with van der Waals surface area (Å²) in [6, 6.07) is 7.27. The molecule has 31 heavy (non-hydrogen) atoms. The molecule has 4 rings (SSSR count). The largest absolute Gasteiger partial charge is 0.418 e. The van der Waals surface area contributed by atoms with Gasteiger partial charge in [0.05, 0.1) is 11.2 Å². The van der Waals surface area contributed by atoms with E-state index >= 15 is 0 Å². The van der Waals surface area contributed by atoms with Gasteiger partial charge in [-0.25, -0.2) is 0 Å². The monoisotopic (exact) mass is 433 g/mol. The Morgan fingerprint density at radius 3 is 2.65 bits per heavy atom. The van der Waals surface area contributed by atoms with Crippen LogP contribution in [0.15, 0.2) is 36.7 Å². The zero-order valence-electron chi connectivity index (χ0n) is 18.0. The molecule has 1 saturated heterocycles. The van der Waals surface area contributed by atoms with Gasteiger partial charge in [0, 0.05) is 42.3 Å². The van der Waals surface area contributed by atoms with Crippen molar-refractivity contribution in [2.24, 2.45) is 0 Å². The molecule has 1 atom stereocenters. The van der Waals surface area contributed by atoms with Gasteiger partial charge in [-0.2, -0.15) is 13.2 Å². The third-order valence-electron chi connectivity index (χ3n) is 6.93. The number of rotatable bonds is 6. The number of pyridine rings is 2. The highest BCUT2D eigenvalue weighted by atomic mass is 19.4. The van der Waals surface area contributed by atoms with Gasteiger partial charge < -0.3 is 10.1 Å². The molecule has 0 radical (unpaired) electrons. The molecule has 2 aromatic heterocycles. The molecule has 3 heterocycles. The predicted octanol–water partition coefficient (Wildman–Crippen LogP) is 5.34. The molecule has 2 fully saturated rings. The van der Waals surface area contributed by atoms with E-state index in [1.54, 1.807) is 0 Å². The third-order valence-corrected chi connectivity index (χ3v) is 6.93. The van der Waals surface area contributed by atoms with Crippen molar-refractivity contribution in [3.05, 3.63) is 59.2 Å². The van der Waals surface area contributed by atoms with Crippen molar-refractivity contribution >= 4 is 0 Å². The van der Waals surface area contributed by atoms with Crippen LogP contribution < -0.4 is 5.32 Å². The second-order valence-corrected chi connectivity index (χ2v) is 9.06. The quantitative estimate of drug-likeness (QED) is 0.625. The summed E-state index contributed by atoms with van der Waals surface area (Å²) in [5.74, 6) is 0. The number of hydrogen-bond donors (Lipinski definition) is 1. The highest BCUT2D eigenvalue weighted by Gasteiger charge is 2.48. The lowest BCUT2D eigenvalue weighted by molar-refractivity contribution is -0.138. The van der Waals surface area contributed by atoms with Crippen molar-refractivity contribution in [1.29, 1.82) is 0 Å². The first-order chi connectivity index (χ1) is 14.8. The standard InChI is InChI=1S/C24H30F3N3O/c1-18-20(24(25,26)27)14-19(16-30-18)15-28-12-9-22(21-6-2-5-11-29-21)10-13-31-23(17-22)7-3-4-8-23/h2,5-6,11,14,16,28H,3-4,7-10,12-13,15,17H2,1H3/t22-/m1/s1. The molecule has 1 spiro atoms. The summed E-state index contributed by atoms with van der Waals surface area (Å²) >= 11 is 0. The highest BCUT2D eigenvalue weighted by Crippen LogP contribution is 2.49.